The molecular formula is CH7I3O. The van der Waals surface area contributed by atoms with Crippen molar-refractivity contribution in [1.29, 1.82) is 0 Å². The highest BCUT2D eigenvalue weighted by molar-refractivity contribution is 14.0. The summed E-state index contributed by atoms with van der Waals surface area (Å²) in [7, 11) is 1.00. The van der Waals surface area contributed by atoms with Crippen molar-refractivity contribution in [2.75, 3.05) is 7.11 Å². The maximum atomic E-state index is 7.00. The van der Waals surface area contributed by atoms with Gasteiger partial charge in [-0.25, -0.2) is 0 Å². The van der Waals surface area contributed by atoms with E-state index in [1.165, 1.54) is 0 Å². The molecule has 0 aliphatic rings. The van der Waals surface area contributed by atoms with E-state index >= 15 is 0 Å². The van der Waals surface area contributed by atoms with E-state index in [1.54, 1.807) is 0 Å². The van der Waals surface area contributed by atoms with Crippen LogP contribution in [0, 0.1) is 0 Å². The van der Waals surface area contributed by atoms with Gasteiger partial charge in [0, 0.05) is 7.11 Å². The molecular weight excluding hydrogens is 409 g/mol. The van der Waals surface area contributed by atoms with Crippen molar-refractivity contribution >= 4 is 71.9 Å². The molecule has 0 fully saturated rings. The Morgan fingerprint density at radius 3 is 0.800 bits per heavy atom. The van der Waals surface area contributed by atoms with Crippen molar-refractivity contribution in [1.82, 2.24) is 0 Å². The van der Waals surface area contributed by atoms with Gasteiger partial charge >= 0.3 is 0 Å². The number of aliphatic hydroxyl groups is 1. The van der Waals surface area contributed by atoms with E-state index in [1.807, 2.05) is 0 Å². The third-order valence-corrected chi connectivity index (χ3v) is 0. The predicted molar refractivity (Wildman–Crippen MR) is 54.4 cm³/mol. The van der Waals surface area contributed by atoms with Crippen LogP contribution < -0.4 is 0 Å². The van der Waals surface area contributed by atoms with Crippen LogP contribution in [0.5, 0.6) is 0 Å². The van der Waals surface area contributed by atoms with Gasteiger partial charge in [-0.05, 0) is 0 Å². The highest BCUT2D eigenvalue weighted by atomic mass is 127. The van der Waals surface area contributed by atoms with Gasteiger partial charge in [0.15, 0.2) is 0 Å². The molecule has 0 heterocycles. The van der Waals surface area contributed by atoms with Gasteiger partial charge < -0.3 is 5.11 Å². The Hall–Kier alpha value is 2.15. The van der Waals surface area contributed by atoms with E-state index in [0.29, 0.717) is 0 Å². The molecule has 0 saturated carbocycles. The van der Waals surface area contributed by atoms with Crippen molar-refractivity contribution in [3.63, 3.8) is 0 Å². The summed E-state index contributed by atoms with van der Waals surface area (Å²) in [6, 6.07) is 0. The summed E-state index contributed by atoms with van der Waals surface area (Å²) < 4.78 is 0. The van der Waals surface area contributed by atoms with Crippen molar-refractivity contribution < 1.29 is 5.11 Å². The zero-order chi connectivity index (χ0) is 2.00. The predicted octanol–water partition coefficient (Wildman–Crippen LogP) is 1.46. The van der Waals surface area contributed by atoms with Crippen LogP contribution in [-0.2, 0) is 0 Å². The second-order valence-electron chi connectivity index (χ2n) is 0. The van der Waals surface area contributed by atoms with E-state index in [0.717, 1.165) is 7.11 Å². The number of aliphatic hydroxyl groups excluding tert-OH is 1. The normalized spacial score (nSPS) is 1.20. The van der Waals surface area contributed by atoms with Crippen molar-refractivity contribution in [2.24, 2.45) is 0 Å². The number of hydrogen-bond acceptors (Lipinski definition) is 1. The minimum atomic E-state index is 0. The molecule has 0 unspecified atom stereocenters. The first-order valence-electron chi connectivity index (χ1n) is 0.447. The van der Waals surface area contributed by atoms with Gasteiger partial charge in [-0.1, -0.05) is 0 Å². The summed E-state index contributed by atoms with van der Waals surface area (Å²) in [5, 5.41) is 7.00. The first-order valence-corrected chi connectivity index (χ1v) is 0.447. The highest BCUT2D eigenvalue weighted by Gasteiger charge is 0.839. The Balaban J connectivity index is -0.00000000167. The Morgan fingerprint density at radius 2 is 0.800 bits per heavy atom. The van der Waals surface area contributed by atoms with Gasteiger partial charge in [0.1, 0.15) is 0 Å². The maximum Gasteiger partial charge on any atom is 0.0319 e. The van der Waals surface area contributed by atoms with Gasteiger partial charge in [-0.2, -0.15) is 0 Å². The number of rotatable bonds is 0. The fourth-order valence-corrected chi connectivity index (χ4v) is 0. The second kappa shape index (κ2) is 35.3. The molecule has 0 atom stereocenters. The van der Waals surface area contributed by atoms with Crippen LogP contribution in [0.1, 0.15) is 0 Å². The van der Waals surface area contributed by atoms with Crippen LogP contribution in [0.3, 0.4) is 0 Å². The van der Waals surface area contributed by atoms with Gasteiger partial charge in [-0.3, -0.25) is 0 Å². The monoisotopic (exact) mass is 416 g/mol. The fraction of sp³-hybridized carbons (Fsp3) is 1.00. The lowest BCUT2D eigenvalue weighted by atomic mass is 11.8. The smallest absolute Gasteiger partial charge is 0.0319 e. The average molecular weight is 416 g/mol. The van der Waals surface area contributed by atoms with Gasteiger partial charge in [0.05, 0.1) is 0 Å². The molecule has 0 saturated heterocycles. The standard InChI is InChI=1S/CH4O.3HI/c1-2;;;/h2H,1H3;3*1H. The van der Waals surface area contributed by atoms with Crippen LogP contribution >= 0.6 is 71.9 Å². The Morgan fingerprint density at radius 1 is 0.800 bits per heavy atom. The molecule has 0 aromatic heterocycles. The lowest BCUT2D eigenvalue weighted by molar-refractivity contribution is 0.399. The molecule has 1 nitrogen and oxygen atoms in total. The minimum Gasteiger partial charge on any atom is -0.400 e. The summed E-state index contributed by atoms with van der Waals surface area (Å²) in [4.78, 5) is 0. The van der Waals surface area contributed by atoms with Gasteiger partial charge in [0.25, 0.3) is 0 Å². The van der Waals surface area contributed by atoms with Crippen LogP contribution in [-0.4, -0.2) is 12.2 Å². The first kappa shape index (κ1) is 27.3. The van der Waals surface area contributed by atoms with Crippen LogP contribution in [0.2, 0.25) is 0 Å². The maximum absolute atomic E-state index is 7.00. The Kier molecular flexibility index (Phi) is 192. The summed E-state index contributed by atoms with van der Waals surface area (Å²) in [5.41, 5.74) is 0. The molecule has 0 aliphatic carbocycles. The minimum absolute atomic E-state index is 0. The molecule has 5 heavy (non-hydrogen) atoms. The molecule has 0 aromatic rings. The van der Waals surface area contributed by atoms with E-state index < -0.39 is 0 Å². The first-order chi connectivity index (χ1) is 1.00. The van der Waals surface area contributed by atoms with Crippen LogP contribution in [0.25, 0.3) is 0 Å². The molecule has 0 spiro atoms. The summed E-state index contributed by atoms with van der Waals surface area (Å²) in [6.45, 7) is 0. The molecule has 0 rings (SSSR count). The number of halogens is 3. The van der Waals surface area contributed by atoms with E-state index in [9.17, 15) is 0 Å². The average Bonchev–Trinajstić information content (AvgIpc) is 1.00. The molecule has 38 valence electrons. The largest absolute Gasteiger partial charge is 0.400 e. The SMILES string of the molecule is CO.I.I.I. The molecule has 0 aliphatic heterocycles. The quantitative estimate of drug-likeness (QED) is 0.594. The third-order valence-electron chi connectivity index (χ3n) is 0. The molecule has 4 heteroatoms. The summed E-state index contributed by atoms with van der Waals surface area (Å²) in [6.07, 6.45) is 0. The van der Waals surface area contributed by atoms with E-state index in [-0.39, 0.29) is 71.9 Å². The Labute approximate surface area is 83.0 Å². The zero-order valence-corrected chi connectivity index (χ0v) is 9.66. The topological polar surface area (TPSA) is 20.2 Å². The van der Waals surface area contributed by atoms with Crippen molar-refractivity contribution in [3.8, 4) is 0 Å². The molecule has 0 aromatic carbocycles. The van der Waals surface area contributed by atoms with Crippen molar-refractivity contribution in [2.45, 2.75) is 0 Å². The lowest BCUT2D eigenvalue weighted by Crippen LogP contribution is -1.25. The number of hydrogen-bond donors (Lipinski definition) is 1. The van der Waals surface area contributed by atoms with E-state index in [2.05, 4.69) is 0 Å². The molecule has 0 radical (unpaired) electrons. The fourth-order valence-electron chi connectivity index (χ4n) is 0. The molecule has 0 amide bonds. The zero-order valence-electron chi connectivity index (χ0n) is 2.67. The second-order valence-corrected chi connectivity index (χ2v) is 0. The van der Waals surface area contributed by atoms with Gasteiger partial charge in [-0.15, -0.1) is 71.9 Å². The van der Waals surface area contributed by atoms with E-state index in [4.69, 9.17) is 5.11 Å². The third kappa shape index (κ3) is 22.9. The lowest BCUT2D eigenvalue weighted by Gasteiger charge is -1.21. The summed E-state index contributed by atoms with van der Waals surface area (Å²) >= 11 is 0. The van der Waals surface area contributed by atoms with Gasteiger partial charge in [0.2, 0.25) is 0 Å². The molecule has 1 N–H and O–H groups in total. The highest BCUT2D eigenvalue weighted by Crippen LogP contribution is 0.888. The van der Waals surface area contributed by atoms with Crippen molar-refractivity contribution in [3.05, 3.63) is 0 Å². The van der Waals surface area contributed by atoms with Crippen LogP contribution in [0.4, 0.5) is 0 Å². The Bertz CT molecular complexity index is 6.85. The molecule has 0 bridgehead atoms. The van der Waals surface area contributed by atoms with Crippen LogP contribution in [0.15, 0.2) is 0 Å². The summed E-state index contributed by atoms with van der Waals surface area (Å²) in [5.74, 6) is 0.